The molecule has 5 nitrogen and oxygen atoms in total. The van der Waals surface area contributed by atoms with Gasteiger partial charge < -0.3 is 5.32 Å². The van der Waals surface area contributed by atoms with Crippen LogP contribution in [-0.2, 0) is 10.0 Å². The third-order valence-electron chi connectivity index (χ3n) is 3.85. The van der Waals surface area contributed by atoms with Gasteiger partial charge in [0.1, 0.15) is 5.82 Å². The van der Waals surface area contributed by atoms with Crippen molar-refractivity contribution in [3.63, 3.8) is 0 Å². The average Bonchev–Trinajstić information content (AvgIpc) is 2.64. The smallest absolute Gasteiger partial charge is 0.261 e. The Balaban J connectivity index is 1.86. The lowest BCUT2D eigenvalue weighted by Gasteiger charge is -2.13. The van der Waals surface area contributed by atoms with Gasteiger partial charge in [-0.2, -0.15) is 0 Å². The largest absolute Gasteiger partial charge is 0.322 e. The van der Waals surface area contributed by atoms with E-state index in [0.29, 0.717) is 5.69 Å². The van der Waals surface area contributed by atoms with Crippen LogP contribution in [-0.4, -0.2) is 14.3 Å². The van der Waals surface area contributed by atoms with Crippen LogP contribution in [0.4, 0.5) is 15.8 Å². The first-order valence-electron chi connectivity index (χ1n) is 8.10. The lowest BCUT2D eigenvalue weighted by atomic mass is 10.1. The minimum atomic E-state index is -3.84. The fraction of sp³-hybridized carbons (Fsp3) is 0.0500. The molecule has 0 aliphatic carbocycles. The summed E-state index contributed by atoms with van der Waals surface area (Å²) in [6.45, 7) is 1.86. The molecule has 27 heavy (non-hydrogen) atoms. The van der Waals surface area contributed by atoms with Crippen LogP contribution < -0.4 is 10.0 Å². The van der Waals surface area contributed by atoms with Gasteiger partial charge in [-0.05, 0) is 55.5 Å². The van der Waals surface area contributed by atoms with Crippen LogP contribution in [0, 0.1) is 12.7 Å². The van der Waals surface area contributed by atoms with Crippen LogP contribution >= 0.6 is 0 Å². The van der Waals surface area contributed by atoms with Crippen molar-refractivity contribution in [1.29, 1.82) is 0 Å². The maximum Gasteiger partial charge on any atom is 0.261 e. The van der Waals surface area contributed by atoms with E-state index in [1.807, 2.05) is 6.92 Å². The first-order valence-corrected chi connectivity index (χ1v) is 9.59. The Bertz CT molecular complexity index is 1060. The quantitative estimate of drug-likeness (QED) is 0.693. The molecule has 2 N–H and O–H groups in total. The van der Waals surface area contributed by atoms with E-state index in [2.05, 4.69) is 10.0 Å². The SMILES string of the molecule is Cc1ccc(S(=O)(=O)Nc2ccccc2C(=O)Nc2ccc(F)cc2)cc1. The predicted octanol–water partition coefficient (Wildman–Crippen LogP) is 4.19. The molecule has 0 fully saturated rings. The maximum atomic E-state index is 13.0. The number of hydrogen-bond acceptors (Lipinski definition) is 3. The molecule has 0 atom stereocenters. The fourth-order valence-corrected chi connectivity index (χ4v) is 3.50. The Hall–Kier alpha value is -3.19. The number of carbonyl (C=O) groups is 1. The fourth-order valence-electron chi connectivity index (χ4n) is 2.42. The van der Waals surface area contributed by atoms with E-state index in [-0.39, 0.29) is 16.1 Å². The lowest BCUT2D eigenvalue weighted by Crippen LogP contribution is -2.18. The molecular formula is C20H17FN2O3S. The highest BCUT2D eigenvalue weighted by molar-refractivity contribution is 7.92. The second kappa shape index (κ2) is 7.59. The van der Waals surface area contributed by atoms with Crippen LogP contribution in [0.25, 0.3) is 0 Å². The summed E-state index contributed by atoms with van der Waals surface area (Å²) in [5.41, 5.74) is 1.64. The van der Waals surface area contributed by atoms with Gasteiger partial charge in [0.05, 0.1) is 16.1 Å². The van der Waals surface area contributed by atoms with E-state index in [4.69, 9.17) is 0 Å². The molecule has 0 heterocycles. The molecule has 0 saturated carbocycles. The second-order valence-electron chi connectivity index (χ2n) is 5.93. The zero-order valence-corrected chi connectivity index (χ0v) is 15.3. The van der Waals surface area contributed by atoms with Crippen molar-refractivity contribution >= 4 is 27.3 Å². The van der Waals surface area contributed by atoms with E-state index >= 15 is 0 Å². The summed E-state index contributed by atoms with van der Waals surface area (Å²) in [7, 11) is -3.84. The number of para-hydroxylation sites is 1. The van der Waals surface area contributed by atoms with E-state index in [1.165, 1.54) is 48.5 Å². The van der Waals surface area contributed by atoms with E-state index in [0.717, 1.165) is 5.56 Å². The minimum absolute atomic E-state index is 0.0989. The zero-order chi connectivity index (χ0) is 19.4. The van der Waals surface area contributed by atoms with Gasteiger partial charge in [-0.1, -0.05) is 29.8 Å². The van der Waals surface area contributed by atoms with Crippen LogP contribution in [0.15, 0.2) is 77.7 Å². The summed E-state index contributed by atoms with van der Waals surface area (Å²) >= 11 is 0. The van der Waals surface area contributed by atoms with Gasteiger partial charge in [0.2, 0.25) is 0 Å². The number of rotatable bonds is 5. The van der Waals surface area contributed by atoms with Gasteiger partial charge in [-0.15, -0.1) is 0 Å². The Morgan fingerprint density at radius 3 is 2.19 bits per heavy atom. The molecule has 0 unspecified atom stereocenters. The Labute approximate surface area is 156 Å². The molecule has 138 valence electrons. The monoisotopic (exact) mass is 384 g/mol. The number of halogens is 1. The highest BCUT2D eigenvalue weighted by Gasteiger charge is 2.18. The first kappa shape index (κ1) is 18.6. The number of nitrogens with one attached hydrogen (secondary N) is 2. The topological polar surface area (TPSA) is 75.3 Å². The summed E-state index contributed by atoms with van der Waals surface area (Å²) in [6.07, 6.45) is 0. The normalized spacial score (nSPS) is 11.0. The summed E-state index contributed by atoms with van der Waals surface area (Å²) in [4.78, 5) is 12.6. The molecule has 0 aromatic heterocycles. The lowest BCUT2D eigenvalue weighted by molar-refractivity contribution is 0.102. The van der Waals surface area contributed by atoms with Gasteiger partial charge in [0, 0.05) is 5.69 Å². The summed E-state index contributed by atoms with van der Waals surface area (Å²) < 4.78 is 40.6. The average molecular weight is 384 g/mol. The molecule has 7 heteroatoms. The summed E-state index contributed by atoms with van der Waals surface area (Å²) in [5, 5.41) is 2.62. The van der Waals surface area contributed by atoms with Crippen LogP contribution in [0.2, 0.25) is 0 Å². The van der Waals surface area contributed by atoms with Crippen molar-refractivity contribution in [3.8, 4) is 0 Å². The number of hydrogen-bond donors (Lipinski definition) is 2. The number of aryl methyl sites for hydroxylation is 1. The van der Waals surface area contributed by atoms with E-state index in [1.54, 1.807) is 24.3 Å². The number of amides is 1. The van der Waals surface area contributed by atoms with Crippen LogP contribution in [0.1, 0.15) is 15.9 Å². The summed E-state index contributed by atoms with van der Waals surface area (Å²) in [6, 6.07) is 17.9. The third kappa shape index (κ3) is 4.51. The van der Waals surface area contributed by atoms with Gasteiger partial charge in [-0.25, -0.2) is 12.8 Å². The van der Waals surface area contributed by atoms with Crippen LogP contribution in [0.3, 0.4) is 0 Å². The first-order chi connectivity index (χ1) is 12.8. The molecule has 0 aliphatic rings. The van der Waals surface area contributed by atoms with Crippen molar-refractivity contribution < 1.29 is 17.6 Å². The molecule has 0 aliphatic heterocycles. The van der Waals surface area contributed by atoms with Crippen molar-refractivity contribution in [2.24, 2.45) is 0 Å². The number of carbonyl (C=O) groups excluding carboxylic acids is 1. The summed E-state index contributed by atoms with van der Waals surface area (Å²) in [5.74, 6) is -0.928. The van der Waals surface area contributed by atoms with Crippen molar-refractivity contribution in [1.82, 2.24) is 0 Å². The predicted molar refractivity (Wildman–Crippen MR) is 103 cm³/mol. The third-order valence-corrected chi connectivity index (χ3v) is 5.23. The second-order valence-corrected chi connectivity index (χ2v) is 7.61. The maximum absolute atomic E-state index is 13.0. The molecule has 3 rings (SSSR count). The number of sulfonamides is 1. The standard InChI is InChI=1S/C20H17FN2O3S/c1-14-6-12-17(13-7-14)27(25,26)23-19-5-3-2-4-18(19)20(24)22-16-10-8-15(21)9-11-16/h2-13,23H,1H3,(H,22,24). The highest BCUT2D eigenvalue weighted by atomic mass is 32.2. The number of anilines is 2. The molecule has 0 saturated heterocycles. The van der Waals surface area contributed by atoms with Gasteiger partial charge >= 0.3 is 0 Å². The minimum Gasteiger partial charge on any atom is -0.322 e. The van der Waals surface area contributed by atoms with E-state index < -0.39 is 21.7 Å². The molecule has 0 bridgehead atoms. The molecular weight excluding hydrogens is 367 g/mol. The molecule has 3 aromatic carbocycles. The molecule has 0 spiro atoms. The highest BCUT2D eigenvalue weighted by Crippen LogP contribution is 2.22. The Morgan fingerprint density at radius 1 is 0.889 bits per heavy atom. The molecule has 3 aromatic rings. The Kier molecular flexibility index (Phi) is 5.23. The van der Waals surface area contributed by atoms with Crippen LogP contribution in [0.5, 0.6) is 0 Å². The van der Waals surface area contributed by atoms with Gasteiger partial charge in [0.25, 0.3) is 15.9 Å². The Morgan fingerprint density at radius 2 is 1.52 bits per heavy atom. The van der Waals surface area contributed by atoms with Crippen molar-refractivity contribution in [3.05, 3.63) is 89.7 Å². The van der Waals surface area contributed by atoms with Gasteiger partial charge in [-0.3, -0.25) is 9.52 Å². The van der Waals surface area contributed by atoms with Crippen molar-refractivity contribution in [2.45, 2.75) is 11.8 Å². The van der Waals surface area contributed by atoms with Crippen molar-refractivity contribution in [2.75, 3.05) is 10.0 Å². The molecule has 1 amide bonds. The van der Waals surface area contributed by atoms with E-state index in [9.17, 15) is 17.6 Å². The zero-order valence-electron chi connectivity index (χ0n) is 14.4. The van der Waals surface area contributed by atoms with Gasteiger partial charge in [0.15, 0.2) is 0 Å². The number of benzene rings is 3. The molecule has 0 radical (unpaired) electrons.